The van der Waals surface area contributed by atoms with Crippen molar-refractivity contribution in [2.75, 3.05) is 39.3 Å². The number of aliphatic hydroxyl groups is 1. The molecule has 1 aliphatic rings. The van der Waals surface area contributed by atoms with Gasteiger partial charge in [-0.2, -0.15) is 0 Å². The van der Waals surface area contributed by atoms with Gasteiger partial charge in [0.05, 0.1) is 6.61 Å². The molecule has 16 heavy (non-hydrogen) atoms. The van der Waals surface area contributed by atoms with E-state index in [4.69, 9.17) is 5.11 Å². The van der Waals surface area contributed by atoms with Gasteiger partial charge in [-0.1, -0.05) is 13.0 Å². The van der Waals surface area contributed by atoms with Gasteiger partial charge < -0.3 is 15.3 Å². The van der Waals surface area contributed by atoms with Crippen molar-refractivity contribution in [2.45, 2.75) is 13.3 Å². The van der Waals surface area contributed by atoms with E-state index in [2.05, 4.69) is 10.2 Å². The van der Waals surface area contributed by atoms with Crippen LogP contribution >= 0.6 is 0 Å². The second kappa shape index (κ2) is 7.24. The van der Waals surface area contributed by atoms with Crippen molar-refractivity contribution in [1.29, 1.82) is 0 Å². The molecule has 1 rings (SSSR count). The van der Waals surface area contributed by atoms with Crippen LogP contribution in [0.15, 0.2) is 12.3 Å². The highest BCUT2D eigenvalue weighted by atomic mass is 16.3. The van der Waals surface area contributed by atoms with Gasteiger partial charge in [0.1, 0.15) is 0 Å². The summed E-state index contributed by atoms with van der Waals surface area (Å²) in [5.41, 5.74) is 0. The molecule has 92 valence electrons. The first-order chi connectivity index (χ1) is 7.77. The predicted octanol–water partition coefficient (Wildman–Crippen LogP) is 0.230. The maximum atomic E-state index is 11.6. The van der Waals surface area contributed by atoms with Crippen molar-refractivity contribution in [3.05, 3.63) is 12.3 Å². The lowest BCUT2D eigenvalue weighted by Crippen LogP contribution is -2.51. The van der Waals surface area contributed by atoms with Crippen LogP contribution in [0, 0.1) is 0 Å². The van der Waals surface area contributed by atoms with E-state index in [1.807, 2.05) is 13.0 Å². The summed E-state index contributed by atoms with van der Waals surface area (Å²) in [5.74, 6) is 0. The van der Waals surface area contributed by atoms with E-state index in [1.165, 1.54) is 0 Å². The monoisotopic (exact) mass is 227 g/mol. The fourth-order valence-electron chi connectivity index (χ4n) is 1.66. The molecule has 0 atom stereocenters. The lowest BCUT2D eigenvalue weighted by molar-refractivity contribution is 0.123. The molecule has 2 amide bonds. The second-order valence-corrected chi connectivity index (χ2v) is 3.81. The van der Waals surface area contributed by atoms with Crippen molar-refractivity contribution in [3.8, 4) is 0 Å². The highest BCUT2D eigenvalue weighted by Crippen LogP contribution is 2.01. The molecule has 0 aromatic heterocycles. The third-order valence-corrected chi connectivity index (χ3v) is 2.64. The van der Waals surface area contributed by atoms with E-state index in [9.17, 15) is 4.79 Å². The number of β-amino-alcohol motifs (C(OH)–C–C–N with tert-alkyl or cyclic N) is 1. The standard InChI is InChI=1S/C11H21N3O2/c1-2-3-4-12-11(16)14-7-5-13(6-8-14)9-10-15/h3-4,15H,2,5-10H2,1H3,(H,12,16)/b4-3+. The summed E-state index contributed by atoms with van der Waals surface area (Å²) in [7, 11) is 0. The maximum Gasteiger partial charge on any atom is 0.321 e. The Bertz CT molecular complexity index is 235. The summed E-state index contributed by atoms with van der Waals surface area (Å²) in [6.45, 7) is 6.04. The number of aliphatic hydroxyl groups excluding tert-OH is 1. The Morgan fingerprint density at radius 2 is 2.06 bits per heavy atom. The van der Waals surface area contributed by atoms with Crippen LogP contribution in [0.1, 0.15) is 13.3 Å². The molecular weight excluding hydrogens is 206 g/mol. The molecule has 5 nitrogen and oxygen atoms in total. The quantitative estimate of drug-likeness (QED) is 0.723. The molecular formula is C11H21N3O2. The number of urea groups is 1. The van der Waals surface area contributed by atoms with Crippen molar-refractivity contribution >= 4 is 6.03 Å². The Labute approximate surface area is 96.7 Å². The summed E-state index contributed by atoms with van der Waals surface area (Å²) in [5, 5.41) is 11.5. The van der Waals surface area contributed by atoms with Crippen LogP contribution in [0.2, 0.25) is 0 Å². The number of nitrogens with one attached hydrogen (secondary N) is 1. The number of carbonyl (C=O) groups excluding carboxylic acids is 1. The van der Waals surface area contributed by atoms with E-state index >= 15 is 0 Å². The molecule has 0 spiro atoms. The fraction of sp³-hybridized carbons (Fsp3) is 0.727. The first-order valence-corrected chi connectivity index (χ1v) is 5.81. The summed E-state index contributed by atoms with van der Waals surface area (Å²) in [6, 6.07) is -0.0339. The van der Waals surface area contributed by atoms with Crippen molar-refractivity contribution in [2.24, 2.45) is 0 Å². The lowest BCUT2D eigenvalue weighted by Gasteiger charge is -2.33. The number of hydrogen-bond acceptors (Lipinski definition) is 3. The average molecular weight is 227 g/mol. The van der Waals surface area contributed by atoms with Gasteiger partial charge >= 0.3 is 6.03 Å². The largest absolute Gasteiger partial charge is 0.395 e. The van der Waals surface area contributed by atoms with Crippen LogP contribution in [-0.2, 0) is 0 Å². The third-order valence-electron chi connectivity index (χ3n) is 2.64. The molecule has 1 aliphatic heterocycles. The first-order valence-electron chi connectivity index (χ1n) is 5.81. The Morgan fingerprint density at radius 1 is 1.38 bits per heavy atom. The van der Waals surface area contributed by atoms with Crippen LogP contribution in [0.3, 0.4) is 0 Å². The lowest BCUT2D eigenvalue weighted by atomic mass is 10.3. The van der Waals surface area contributed by atoms with Gasteiger partial charge in [-0.25, -0.2) is 4.79 Å². The first kappa shape index (κ1) is 13.0. The molecule has 1 fully saturated rings. The SMILES string of the molecule is CC/C=C/NC(=O)N1CCN(CCO)CC1. The predicted molar refractivity (Wildman–Crippen MR) is 63.1 cm³/mol. The molecule has 0 aliphatic carbocycles. The van der Waals surface area contributed by atoms with Crippen molar-refractivity contribution in [3.63, 3.8) is 0 Å². The minimum absolute atomic E-state index is 0.0339. The summed E-state index contributed by atoms with van der Waals surface area (Å²) in [4.78, 5) is 15.6. The van der Waals surface area contributed by atoms with Crippen LogP contribution in [0.25, 0.3) is 0 Å². The van der Waals surface area contributed by atoms with Gasteiger partial charge in [0.25, 0.3) is 0 Å². The van der Waals surface area contributed by atoms with Gasteiger partial charge in [-0.15, -0.1) is 0 Å². The van der Waals surface area contributed by atoms with Crippen LogP contribution in [-0.4, -0.2) is 60.3 Å². The van der Waals surface area contributed by atoms with E-state index in [0.717, 1.165) is 32.6 Å². The number of nitrogens with zero attached hydrogens (tertiary/aromatic N) is 2. The normalized spacial score (nSPS) is 18.0. The third kappa shape index (κ3) is 4.20. The van der Waals surface area contributed by atoms with E-state index in [-0.39, 0.29) is 12.6 Å². The summed E-state index contributed by atoms with van der Waals surface area (Å²) >= 11 is 0. The molecule has 0 unspecified atom stereocenters. The highest BCUT2D eigenvalue weighted by Gasteiger charge is 2.19. The summed E-state index contributed by atoms with van der Waals surface area (Å²) < 4.78 is 0. The minimum Gasteiger partial charge on any atom is -0.395 e. The smallest absolute Gasteiger partial charge is 0.321 e. The van der Waals surface area contributed by atoms with Gasteiger partial charge in [0.2, 0.25) is 0 Å². The summed E-state index contributed by atoms with van der Waals surface area (Å²) in [6.07, 6.45) is 4.53. The second-order valence-electron chi connectivity index (χ2n) is 3.81. The topological polar surface area (TPSA) is 55.8 Å². The number of hydrogen-bond donors (Lipinski definition) is 2. The van der Waals surface area contributed by atoms with Gasteiger partial charge in [-0.05, 0) is 6.42 Å². The fourth-order valence-corrected chi connectivity index (χ4v) is 1.66. The van der Waals surface area contributed by atoms with Crippen molar-refractivity contribution in [1.82, 2.24) is 15.1 Å². The van der Waals surface area contributed by atoms with Crippen LogP contribution in [0.4, 0.5) is 4.79 Å². The minimum atomic E-state index is -0.0339. The molecule has 1 heterocycles. The Balaban J connectivity index is 2.24. The number of rotatable bonds is 4. The number of amides is 2. The zero-order chi connectivity index (χ0) is 11.8. The van der Waals surface area contributed by atoms with E-state index < -0.39 is 0 Å². The molecule has 0 bridgehead atoms. The molecule has 0 aromatic rings. The van der Waals surface area contributed by atoms with Crippen LogP contribution < -0.4 is 5.32 Å². The highest BCUT2D eigenvalue weighted by molar-refractivity contribution is 5.75. The molecule has 1 saturated heterocycles. The van der Waals surface area contributed by atoms with E-state index in [0.29, 0.717) is 6.54 Å². The van der Waals surface area contributed by atoms with Crippen LogP contribution in [0.5, 0.6) is 0 Å². The molecule has 0 radical (unpaired) electrons. The van der Waals surface area contributed by atoms with Crippen molar-refractivity contribution < 1.29 is 9.90 Å². The number of piperazine rings is 1. The zero-order valence-electron chi connectivity index (χ0n) is 9.85. The number of allylic oxidation sites excluding steroid dienone is 1. The zero-order valence-corrected chi connectivity index (χ0v) is 9.85. The van der Waals surface area contributed by atoms with Gasteiger partial charge in [0, 0.05) is 38.9 Å². The van der Waals surface area contributed by atoms with E-state index in [1.54, 1.807) is 11.1 Å². The van der Waals surface area contributed by atoms with Gasteiger partial charge in [0.15, 0.2) is 0 Å². The Hall–Kier alpha value is -1.07. The molecule has 0 aromatic carbocycles. The maximum absolute atomic E-state index is 11.6. The molecule has 0 saturated carbocycles. The molecule has 5 heteroatoms. The Kier molecular flexibility index (Phi) is 5.88. The van der Waals surface area contributed by atoms with Gasteiger partial charge in [-0.3, -0.25) is 4.90 Å². The number of carbonyl (C=O) groups is 1. The molecule has 2 N–H and O–H groups in total. The Morgan fingerprint density at radius 3 is 2.62 bits per heavy atom. The average Bonchev–Trinajstić information content (AvgIpc) is 2.30.